The second-order valence-corrected chi connectivity index (χ2v) is 5.84. The zero-order chi connectivity index (χ0) is 15.9. The zero-order valence-electron chi connectivity index (χ0n) is 10.9. The minimum Gasteiger partial charge on any atom is -0.206 e. The number of rotatable bonds is 2. The summed E-state index contributed by atoms with van der Waals surface area (Å²) >= 11 is 1.44. The van der Waals surface area contributed by atoms with E-state index in [1.54, 1.807) is 0 Å². The van der Waals surface area contributed by atoms with Gasteiger partial charge in [-0.3, -0.25) is 0 Å². The Morgan fingerprint density at radius 1 is 1.05 bits per heavy atom. The maximum absolute atomic E-state index is 13.9. The van der Waals surface area contributed by atoms with Crippen molar-refractivity contribution in [3.8, 4) is 0 Å². The lowest BCUT2D eigenvalue weighted by Gasteiger charge is -2.13. The molecule has 2 unspecified atom stereocenters. The third-order valence-corrected chi connectivity index (χ3v) is 4.38. The van der Waals surface area contributed by atoms with Crippen LogP contribution in [0.15, 0.2) is 39.9 Å². The van der Waals surface area contributed by atoms with E-state index in [1.807, 2.05) is 17.5 Å². The van der Waals surface area contributed by atoms with Gasteiger partial charge in [-0.25, -0.2) is 8.78 Å². The molecule has 1 aromatic carbocycles. The number of azo groups is 1. The van der Waals surface area contributed by atoms with E-state index in [2.05, 4.69) is 10.2 Å². The van der Waals surface area contributed by atoms with Gasteiger partial charge >= 0.3 is 6.18 Å². The van der Waals surface area contributed by atoms with Gasteiger partial charge in [0.05, 0.1) is 5.56 Å². The SMILES string of the molecule is Fc1cc(C(F)(F)F)cc(F)c1C1CC(c2cccs2)N=N1. The third-order valence-electron chi connectivity index (χ3n) is 3.40. The van der Waals surface area contributed by atoms with Crippen LogP contribution in [0.2, 0.25) is 0 Å². The fraction of sp³-hybridized carbons (Fsp3) is 0.286. The third kappa shape index (κ3) is 2.75. The van der Waals surface area contributed by atoms with Crippen LogP contribution < -0.4 is 0 Å². The molecule has 3 rings (SSSR count). The number of nitrogens with zero attached hydrogens (tertiary/aromatic N) is 2. The molecule has 0 radical (unpaired) electrons. The van der Waals surface area contributed by atoms with Crippen LogP contribution in [0.1, 0.15) is 34.5 Å². The molecule has 0 bridgehead atoms. The maximum atomic E-state index is 13.9. The molecule has 8 heteroatoms. The molecule has 1 aliphatic rings. The number of thiophene rings is 1. The number of hydrogen-bond donors (Lipinski definition) is 0. The first kappa shape index (κ1) is 15.1. The monoisotopic (exact) mass is 332 g/mol. The highest BCUT2D eigenvalue weighted by atomic mass is 32.1. The van der Waals surface area contributed by atoms with Gasteiger partial charge < -0.3 is 0 Å². The van der Waals surface area contributed by atoms with E-state index >= 15 is 0 Å². The maximum Gasteiger partial charge on any atom is 0.416 e. The van der Waals surface area contributed by atoms with Gasteiger partial charge in [0.2, 0.25) is 0 Å². The van der Waals surface area contributed by atoms with E-state index in [4.69, 9.17) is 0 Å². The van der Waals surface area contributed by atoms with Gasteiger partial charge in [-0.2, -0.15) is 23.4 Å². The summed E-state index contributed by atoms with van der Waals surface area (Å²) in [6.45, 7) is 0. The average molecular weight is 332 g/mol. The Hall–Kier alpha value is -1.83. The second-order valence-electron chi connectivity index (χ2n) is 4.86. The van der Waals surface area contributed by atoms with Crippen LogP contribution >= 0.6 is 11.3 Å². The van der Waals surface area contributed by atoms with Crippen molar-refractivity contribution in [1.29, 1.82) is 0 Å². The second kappa shape index (κ2) is 5.42. The van der Waals surface area contributed by atoms with Crippen molar-refractivity contribution in [2.24, 2.45) is 10.2 Å². The lowest BCUT2D eigenvalue weighted by Crippen LogP contribution is -2.10. The van der Waals surface area contributed by atoms with E-state index in [1.165, 1.54) is 11.3 Å². The molecule has 0 saturated heterocycles. The molecule has 0 saturated carbocycles. The minimum atomic E-state index is -4.79. The fourth-order valence-corrected chi connectivity index (χ4v) is 3.13. The lowest BCUT2D eigenvalue weighted by atomic mass is 9.98. The van der Waals surface area contributed by atoms with Crippen molar-refractivity contribution < 1.29 is 22.0 Å². The average Bonchev–Trinajstić information content (AvgIpc) is 3.07. The van der Waals surface area contributed by atoms with E-state index in [0.29, 0.717) is 12.1 Å². The van der Waals surface area contributed by atoms with Crippen molar-refractivity contribution in [2.75, 3.05) is 0 Å². The number of hydrogen-bond acceptors (Lipinski definition) is 3. The van der Waals surface area contributed by atoms with Gasteiger partial charge in [-0.1, -0.05) is 6.07 Å². The molecule has 2 aromatic rings. The molecule has 0 N–H and O–H groups in total. The Morgan fingerprint density at radius 3 is 2.23 bits per heavy atom. The van der Waals surface area contributed by atoms with Gasteiger partial charge in [0.1, 0.15) is 23.7 Å². The van der Waals surface area contributed by atoms with Crippen LogP contribution in [0, 0.1) is 11.6 Å². The van der Waals surface area contributed by atoms with Crippen molar-refractivity contribution in [2.45, 2.75) is 24.7 Å². The van der Waals surface area contributed by atoms with Gasteiger partial charge in [0.15, 0.2) is 0 Å². The van der Waals surface area contributed by atoms with Gasteiger partial charge in [0, 0.05) is 16.9 Å². The Morgan fingerprint density at radius 2 is 1.68 bits per heavy atom. The zero-order valence-corrected chi connectivity index (χ0v) is 11.8. The van der Waals surface area contributed by atoms with Crippen molar-refractivity contribution in [3.05, 3.63) is 57.3 Å². The first-order chi connectivity index (χ1) is 10.4. The Labute approximate surface area is 126 Å². The van der Waals surface area contributed by atoms with E-state index in [9.17, 15) is 22.0 Å². The predicted octanol–water partition coefficient (Wildman–Crippen LogP) is 5.68. The van der Waals surface area contributed by atoms with Gasteiger partial charge in [-0.15, -0.1) is 11.3 Å². The molecule has 1 aliphatic heterocycles. The number of alkyl halides is 3. The molecule has 2 nitrogen and oxygen atoms in total. The molecule has 2 heterocycles. The van der Waals surface area contributed by atoms with E-state index in [-0.39, 0.29) is 12.5 Å². The fourth-order valence-electron chi connectivity index (χ4n) is 2.36. The smallest absolute Gasteiger partial charge is 0.206 e. The standard InChI is InChI=1S/C14H9F5N2S/c15-8-4-7(14(17,18)19)5-9(16)13(8)11-6-10(20-21-11)12-2-1-3-22-12/h1-5,10-11H,6H2. The number of benzene rings is 1. The molecule has 0 spiro atoms. The largest absolute Gasteiger partial charge is 0.416 e. The van der Waals surface area contributed by atoms with Gasteiger partial charge in [-0.05, 0) is 23.6 Å². The minimum absolute atomic E-state index is 0.236. The van der Waals surface area contributed by atoms with Crippen LogP contribution in [0.25, 0.3) is 0 Å². The molecular formula is C14H9F5N2S. The molecule has 0 amide bonds. The first-order valence-electron chi connectivity index (χ1n) is 6.36. The molecule has 2 atom stereocenters. The summed E-state index contributed by atoms with van der Waals surface area (Å²) in [6.07, 6.45) is -4.56. The molecule has 22 heavy (non-hydrogen) atoms. The van der Waals surface area contributed by atoms with E-state index < -0.39 is 35.0 Å². The highest BCUT2D eigenvalue weighted by Gasteiger charge is 2.35. The number of halogens is 5. The Kier molecular flexibility index (Phi) is 3.72. The Balaban J connectivity index is 1.89. The highest BCUT2D eigenvalue weighted by molar-refractivity contribution is 7.10. The summed E-state index contributed by atoms with van der Waals surface area (Å²) in [5.74, 6) is -2.49. The summed E-state index contributed by atoms with van der Waals surface area (Å²) in [7, 11) is 0. The van der Waals surface area contributed by atoms with Crippen molar-refractivity contribution in [1.82, 2.24) is 0 Å². The topological polar surface area (TPSA) is 24.7 Å². The normalized spacial score (nSPS) is 21.5. The lowest BCUT2D eigenvalue weighted by molar-refractivity contribution is -0.138. The summed E-state index contributed by atoms with van der Waals surface area (Å²) in [6, 6.07) is 3.03. The van der Waals surface area contributed by atoms with Crippen molar-refractivity contribution in [3.63, 3.8) is 0 Å². The van der Waals surface area contributed by atoms with Crippen LogP contribution in [-0.4, -0.2) is 0 Å². The molecule has 0 fully saturated rings. The summed E-state index contributed by atoms with van der Waals surface area (Å²) in [4.78, 5) is 0.902. The van der Waals surface area contributed by atoms with Crippen LogP contribution in [-0.2, 0) is 6.18 Å². The predicted molar refractivity (Wildman–Crippen MR) is 70.6 cm³/mol. The molecular weight excluding hydrogens is 323 g/mol. The molecule has 1 aromatic heterocycles. The van der Waals surface area contributed by atoms with Crippen LogP contribution in [0.3, 0.4) is 0 Å². The summed E-state index contributed by atoms with van der Waals surface area (Å²) < 4.78 is 65.4. The van der Waals surface area contributed by atoms with Crippen LogP contribution in [0.4, 0.5) is 22.0 Å². The molecule has 0 aliphatic carbocycles. The van der Waals surface area contributed by atoms with Crippen LogP contribution in [0.5, 0.6) is 0 Å². The summed E-state index contributed by atoms with van der Waals surface area (Å²) in [5, 5.41) is 9.64. The first-order valence-corrected chi connectivity index (χ1v) is 7.23. The summed E-state index contributed by atoms with van der Waals surface area (Å²) in [5.41, 5.74) is -1.81. The Bertz CT molecular complexity index is 686. The highest BCUT2D eigenvalue weighted by Crippen LogP contribution is 2.42. The van der Waals surface area contributed by atoms with Crippen molar-refractivity contribution >= 4 is 11.3 Å². The quantitative estimate of drug-likeness (QED) is 0.632. The van der Waals surface area contributed by atoms with Gasteiger partial charge in [0.25, 0.3) is 0 Å². The van der Waals surface area contributed by atoms with E-state index in [0.717, 1.165) is 4.88 Å². The molecule has 116 valence electrons.